The molecular formula is C19H21NO4. The Kier molecular flexibility index (Phi) is 6.37. The van der Waals surface area contributed by atoms with Crippen LogP contribution in [-0.2, 0) is 9.53 Å². The molecule has 1 N–H and O–H groups in total. The zero-order valence-electron chi connectivity index (χ0n) is 13.8. The minimum absolute atomic E-state index is 0.0544. The number of carbonyl (C=O) groups excluding carboxylic acids is 2. The number of hydrogen-bond acceptors (Lipinski definition) is 4. The molecular weight excluding hydrogens is 306 g/mol. The highest BCUT2D eigenvalue weighted by molar-refractivity contribution is 5.91. The second kappa shape index (κ2) is 8.72. The average molecular weight is 327 g/mol. The molecule has 1 atom stereocenters. The third-order valence-corrected chi connectivity index (χ3v) is 3.40. The number of nitrogens with one attached hydrogen (secondary N) is 1. The Morgan fingerprint density at radius 2 is 1.75 bits per heavy atom. The number of rotatable bonds is 7. The van der Waals surface area contributed by atoms with Gasteiger partial charge in [0.1, 0.15) is 11.5 Å². The van der Waals surface area contributed by atoms with Gasteiger partial charge < -0.3 is 14.8 Å². The van der Waals surface area contributed by atoms with E-state index >= 15 is 0 Å². The summed E-state index contributed by atoms with van der Waals surface area (Å²) in [6.45, 7) is 3.56. The standard InChI is InChI=1S/C19H21NO4/c1-3-14(2)20-18(21)13-23-19(22)15-8-7-11-17(12-15)24-16-9-5-4-6-10-16/h4-12,14H,3,13H2,1-2H3,(H,20,21). The summed E-state index contributed by atoms with van der Waals surface area (Å²) in [7, 11) is 0. The lowest BCUT2D eigenvalue weighted by Gasteiger charge is -2.11. The molecule has 2 aromatic carbocycles. The Balaban J connectivity index is 1.93. The van der Waals surface area contributed by atoms with Crippen LogP contribution >= 0.6 is 0 Å². The first-order valence-corrected chi connectivity index (χ1v) is 7.88. The molecule has 0 saturated carbocycles. The molecule has 0 spiro atoms. The van der Waals surface area contributed by atoms with Crippen molar-refractivity contribution in [3.05, 3.63) is 60.2 Å². The molecule has 5 heteroatoms. The number of ether oxygens (including phenoxy) is 2. The minimum Gasteiger partial charge on any atom is -0.457 e. The largest absolute Gasteiger partial charge is 0.457 e. The van der Waals surface area contributed by atoms with E-state index in [1.54, 1.807) is 24.3 Å². The van der Waals surface area contributed by atoms with Gasteiger partial charge in [-0.25, -0.2) is 4.79 Å². The van der Waals surface area contributed by atoms with Crippen molar-refractivity contribution in [3.8, 4) is 11.5 Å². The maximum Gasteiger partial charge on any atom is 0.338 e. The van der Waals surface area contributed by atoms with Crippen LogP contribution in [-0.4, -0.2) is 24.5 Å². The molecule has 2 rings (SSSR count). The molecule has 24 heavy (non-hydrogen) atoms. The fourth-order valence-corrected chi connectivity index (χ4v) is 1.94. The highest BCUT2D eigenvalue weighted by atomic mass is 16.5. The third kappa shape index (κ3) is 5.43. The Hall–Kier alpha value is -2.82. The van der Waals surface area contributed by atoms with Crippen LogP contribution < -0.4 is 10.1 Å². The molecule has 1 unspecified atom stereocenters. The van der Waals surface area contributed by atoms with Gasteiger partial charge in [0.05, 0.1) is 5.56 Å². The molecule has 1 amide bonds. The van der Waals surface area contributed by atoms with Gasteiger partial charge in [-0.15, -0.1) is 0 Å². The van der Waals surface area contributed by atoms with E-state index in [-0.39, 0.29) is 18.6 Å². The van der Waals surface area contributed by atoms with E-state index in [0.29, 0.717) is 17.1 Å². The molecule has 0 fully saturated rings. The lowest BCUT2D eigenvalue weighted by atomic mass is 10.2. The maximum absolute atomic E-state index is 12.1. The van der Waals surface area contributed by atoms with E-state index in [4.69, 9.17) is 9.47 Å². The van der Waals surface area contributed by atoms with Gasteiger partial charge in [-0.3, -0.25) is 4.79 Å². The molecule has 2 aromatic rings. The van der Waals surface area contributed by atoms with E-state index in [2.05, 4.69) is 5.32 Å². The summed E-state index contributed by atoms with van der Waals surface area (Å²) >= 11 is 0. The van der Waals surface area contributed by atoms with Crippen LogP contribution in [0, 0.1) is 0 Å². The lowest BCUT2D eigenvalue weighted by Crippen LogP contribution is -2.35. The van der Waals surface area contributed by atoms with Crippen molar-refractivity contribution in [1.82, 2.24) is 5.32 Å². The van der Waals surface area contributed by atoms with E-state index in [1.165, 1.54) is 0 Å². The topological polar surface area (TPSA) is 64.6 Å². The second-order valence-electron chi connectivity index (χ2n) is 5.40. The summed E-state index contributed by atoms with van der Waals surface area (Å²) < 4.78 is 10.7. The summed E-state index contributed by atoms with van der Waals surface area (Å²) in [5, 5.41) is 2.74. The van der Waals surface area contributed by atoms with Gasteiger partial charge in [-0.2, -0.15) is 0 Å². The van der Waals surface area contributed by atoms with Crippen LogP contribution in [0.3, 0.4) is 0 Å². The average Bonchev–Trinajstić information content (AvgIpc) is 2.60. The highest BCUT2D eigenvalue weighted by Gasteiger charge is 2.12. The quantitative estimate of drug-likeness (QED) is 0.790. The number of para-hydroxylation sites is 1. The van der Waals surface area contributed by atoms with Crippen LogP contribution in [0.25, 0.3) is 0 Å². The highest BCUT2D eigenvalue weighted by Crippen LogP contribution is 2.22. The fraction of sp³-hybridized carbons (Fsp3) is 0.263. The smallest absolute Gasteiger partial charge is 0.338 e. The SMILES string of the molecule is CCC(C)NC(=O)COC(=O)c1cccc(Oc2ccccc2)c1. The predicted molar refractivity (Wildman–Crippen MR) is 91.1 cm³/mol. The van der Waals surface area contributed by atoms with Crippen LogP contribution in [0.5, 0.6) is 11.5 Å². The second-order valence-corrected chi connectivity index (χ2v) is 5.40. The Bertz CT molecular complexity index is 685. The molecule has 5 nitrogen and oxygen atoms in total. The summed E-state index contributed by atoms with van der Waals surface area (Å²) in [5.74, 6) is 0.331. The molecule has 0 bridgehead atoms. The van der Waals surface area contributed by atoms with Gasteiger partial charge in [0, 0.05) is 6.04 Å². The molecule has 0 aliphatic rings. The van der Waals surface area contributed by atoms with Crippen LogP contribution in [0.4, 0.5) is 0 Å². The van der Waals surface area contributed by atoms with Crippen LogP contribution in [0.15, 0.2) is 54.6 Å². The minimum atomic E-state index is -0.562. The fourth-order valence-electron chi connectivity index (χ4n) is 1.94. The van der Waals surface area contributed by atoms with Gasteiger partial charge in [0.2, 0.25) is 0 Å². The number of esters is 1. The Morgan fingerprint density at radius 3 is 2.46 bits per heavy atom. The van der Waals surface area contributed by atoms with Crippen molar-refractivity contribution in [2.45, 2.75) is 26.3 Å². The Morgan fingerprint density at radius 1 is 1.04 bits per heavy atom. The number of carbonyl (C=O) groups is 2. The van der Waals surface area contributed by atoms with E-state index in [0.717, 1.165) is 6.42 Å². The zero-order valence-corrected chi connectivity index (χ0v) is 13.8. The van der Waals surface area contributed by atoms with Crippen molar-refractivity contribution in [2.24, 2.45) is 0 Å². The molecule has 0 radical (unpaired) electrons. The first-order valence-electron chi connectivity index (χ1n) is 7.88. The van der Waals surface area contributed by atoms with Crippen molar-refractivity contribution >= 4 is 11.9 Å². The summed E-state index contributed by atoms with van der Waals surface area (Å²) in [6, 6.07) is 16.0. The summed E-state index contributed by atoms with van der Waals surface area (Å²) in [4.78, 5) is 23.7. The van der Waals surface area contributed by atoms with Crippen molar-refractivity contribution in [3.63, 3.8) is 0 Å². The van der Waals surface area contributed by atoms with Gasteiger partial charge in [-0.1, -0.05) is 31.2 Å². The summed E-state index contributed by atoms with van der Waals surface area (Å²) in [5.41, 5.74) is 0.333. The van der Waals surface area contributed by atoms with Gasteiger partial charge in [0.25, 0.3) is 5.91 Å². The number of benzene rings is 2. The monoisotopic (exact) mass is 327 g/mol. The molecule has 0 aliphatic heterocycles. The van der Waals surface area contributed by atoms with Gasteiger partial charge in [0.15, 0.2) is 6.61 Å². The third-order valence-electron chi connectivity index (χ3n) is 3.40. The van der Waals surface area contributed by atoms with Crippen molar-refractivity contribution < 1.29 is 19.1 Å². The van der Waals surface area contributed by atoms with E-state index < -0.39 is 5.97 Å². The number of hydrogen-bond donors (Lipinski definition) is 1. The van der Waals surface area contributed by atoms with Crippen molar-refractivity contribution in [1.29, 1.82) is 0 Å². The molecule has 0 saturated heterocycles. The maximum atomic E-state index is 12.1. The lowest BCUT2D eigenvalue weighted by molar-refractivity contribution is -0.124. The summed E-state index contributed by atoms with van der Waals surface area (Å²) in [6.07, 6.45) is 0.818. The van der Waals surface area contributed by atoms with Crippen molar-refractivity contribution in [2.75, 3.05) is 6.61 Å². The van der Waals surface area contributed by atoms with E-state index in [1.807, 2.05) is 44.2 Å². The van der Waals surface area contributed by atoms with Crippen LogP contribution in [0.2, 0.25) is 0 Å². The van der Waals surface area contributed by atoms with Crippen LogP contribution in [0.1, 0.15) is 30.6 Å². The van der Waals surface area contributed by atoms with Gasteiger partial charge >= 0.3 is 5.97 Å². The molecule has 0 aliphatic carbocycles. The molecule has 0 heterocycles. The zero-order chi connectivity index (χ0) is 17.4. The molecule has 126 valence electrons. The normalized spacial score (nSPS) is 11.4. The molecule has 0 aromatic heterocycles. The first-order chi connectivity index (χ1) is 11.6. The van der Waals surface area contributed by atoms with Gasteiger partial charge in [-0.05, 0) is 43.7 Å². The first kappa shape index (κ1) is 17.5. The van der Waals surface area contributed by atoms with E-state index in [9.17, 15) is 9.59 Å². The number of amides is 1. The Labute approximate surface area is 141 Å². The predicted octanol–water partition coefficient (Wildman–Crippen LogP) is 3.55.